The molecule has 3 heterocycles. The number of urea groups is 1. The van der Waals surface area contributed by atoms with Gasteiger partial charge in [-0.2, -0.15) is 4.98 Å². The third-order valence-electron chi connectivity index (χ3n) is 8.78. The van der Waals surface area contributed by atoms with Crippen LogP contribution in [0.15, 0.2) is 42.6 Å². The summed E-state index contributed by atoms with van der Waals surface area (Å²) in [5.41, 5.74) is 6.08. The number of carbonyl (C=O) groups excluding carboxylic acids is 1. The fourth-order valence-corrected chi connectivity index (χ4v) is 6.48. The van der Waals surface area contributed by atoms with Crippen LogP contribution in [0.2, 0.25) is 0 Å². The van der Waals surface area contributed by atoms with Gasteiger partial charge in [0, 0.05) is 55.7 Å². The Morgan fingerprint density at radius 3 is 2.41 bits per heavy atom. The van der Waals surface area contributed by atoms with Crippen LogP contribution >= 0.6 is 0 Å². The van der Waals surface area contributed by atoms with Crippen molar-refractivity contribution < 1.29 is 9.53 Å². The molecule has 9 nitrogen and oxygen atoms in total. The summed E-state index contributed by atoms with van der Waals surface area (Å²) in [6.45, 7) is 8.66. The summed E-state index contributed by atoms with van der Waals surface area (Å²) >= 11 is 0. The second-order valence-corrected chi connectivity index (χ2v) is 11.6. The lowest BCUT2D eigenvalue weighted by Crippen LogP contribution is -2.53. The number of carbonyl (C=O) groups is 1. The standard InChI is InChI=1S/C32H41N7O2/c1-22-9-8-10-23(2)29(22)38-21-24-20-33-31(35-30(24)39(32(38)40)25-11-6-5-7-12-25)34-27-14-13-26(19-28(27)41-4)37-17-15-36(3)16-18-37/h8-10,13-14,19-20,25H,5-7,11-12,15-18,21H2,1-4H3,(H,33,34,35). The Morgan fingerprint density at radius 2 is 1.71 bits per heavy atom. The summed E-state index contributed by atoms with van der Waals surface area (Å²) in [5.74, 6) is 1.92. The summed E-state index contributed by atoms with van der Waals surface area (Å²) in [7, 11) is 3.85. The molecule has 0 unspecified atom stereocenters. The molecule has 3 aliphatic rings. The van der Waals surface area contributed by atoms with Crippen molar-refractivity contribution in [1.82, 2.24) is 14.9 Å². The van der Waals surface area contributed by atoms with Gasteiger partial charge in [0.2, 0.25) is 5.95 Å². The number of likely N-dealkylation sites (N-methyl/N-ethyl adjacent to an activating group) is 1. The normalized spacial score (nSPS) is 18.4. The molecule has 1 saturated carbocycles. The number of anilines is 5. The van der Waals surface area contributed by atoms with E-state index in [-0.39, 0.29) is 12.1 Å². The molecule has 0 atom stereocenters. The fourth-order valence-electron chi connectivity index (χ4n) is 6.48. The van der Waals surface area contributed by atoms with Gasteiger partial charge in [-0.15, -0.1) is 0 Å². The molecule has 0 bridgehead atoms. The number of aryl methyl sites for hydroxylation is 2. The molecule has 6 rings (SSSR count). The first-order valence-corrected chi connectivity index (χ1v) is 14.8. The van der Waals surface area contributed by atoms with Crippen molar-refractivity contribution in [3.8, 4) is 5.75 Å². The van der Waals surface area contributed by atoms with Crippen molar-refractivity contribution in [3.63, 3.8) is 0 Å². The van der Waals surface area contributed by atoms with Crippen LogP contribution < -0.4 is 24.8 Å². The zero-order chi connectivity index (χ0) is 28.5. The Hall–Kier alpha value is -3.85. The minimum atomic E-state index is 0.000518. The molecular weight excluding hydrogens is 514 g/mol. The SMILES string of the molecule is COc1cc(N2CCN(C)CC2)ccc1Nc1ncc2c(n1)N(C1CCCCC1)C(=O)N(c1c(C)cccc1C)C2. The van der Waals surface area contributed by atoms with E-state index in [1.54, 1.807) is 7.11 Å². The van der Waals surface area contributed by atoms with Crippen molar-refractivity contribution in [1.29, 1.82) is 0 Å². The van der Waals surface area contributed by atoms with Crippen molar-refractivity contribution >= 4 is 34.9 Å². The van der Waals surface area contributed by atoms with E-state index in [9.17, 15) is 4.79 Å². The smallest absolute Gasteiger partial charge is 0.330 e. The maximum Gasteiger partial charge on any atom is 0.330 e. The van der Waals surface area contributed by atoms with Crippen LogP contribution in [0.1, 0.15) is 48.8 Å². The lowest BCUT2D eigenvalue weighted by molar-refractivity contribution is 0.244. The van der Waals surface area contributed by atoms with Crippen LogP contribution in [0.25, 0.3) is 0 Å². The number of hydrogen-bond acceptors (Lipinski definition) is 7. The molecule has 0 spiro atoms. The minimum Gasteiger partial charge on any atom is -0.494 e. The van der Waals surface area contributed by atoms with Crippen LogP contribution in [0.3, 0.4) is 0 Å². The quantitative estimate of drug-likeness (QED) is 0.407. The maximum absolute atomic E-state index is 14.2. The van der Waals surface area contributed by atoms with E-state index < -0.39 is 0 Å². The second-order valence-electron chi connectivity index (χ2n) is 11.6. The number of nitrogens with zero attached hydrogens (tertiary/aromatic N) is 6. The zero-order valence-corrected chi connectivity index (χ0v) is 24.7. The van der Waals surface area contributed by atoms with Crippen LogP contribution in [0, 0.1) is 13.8 Å². The highest BCUT2D eigenvalue weighted by Crippen LogP contribution is 2.39. The Morgan fingerprint density at radius 1 is 0.976 bits per heavy atom. The van der Waals surface area contributed by atoms with E-state index in [1.807, 2.05) is 28.1 Å². The molecule has 1 aromatic heterocycles. The molecule has 3 aromatic rings. The molecule has 2 aromatic carbocycles. The predicted molar refractivity (Wildman–Crippen MR) is 165 cm³/mol. The number of benzene rings is 2. The van der Waals surface area contributed by atoms with Gasteiger partial charge in [-0.05, 0) is 57.0 Å². The third-order valence-corrected chi connectivity index (χ3v) is 8.78. The Labute approximate surface area is 243 Å². The lowest BCUT2D eigenvalue weighted by Gasteiger charge is -2.42. The van der Waals surface area contributed by atoms with Gasteiger partial charge in [-0.25, -0.2) is 9.78 Å². The summed E-state index contributed by atoms with van der Waals surface area (Å²) < 4.78 is 5.78. The average Bonchev–Trinajstić information content (AvgIpc) is 2.98. The highest BCUT2D eigenvalue weighted by molar-refractivity contribution is 6.06. The molecule has 216 valence electrons. The first kappa shape index (κ1) is 27.3. The molecule has 2 aliphatic heterocycles. The van der Waals surface area contributed by atoms with Gasteiger partial charge in [-0.3, -0.25) is 9.80 Å². The molecule has 1 N–H and O–H groups in total. The first-order chi connectivity index (χ1) is 19.9. The summed E-state index contributed by atoms with van der Waals surface area (Å²) in [6, 6.07) is 12.5. The Balaban J connectivity index is 1.32. The number of ether oxygens (including phenoxy) is 1. The molecule has 1 saturated heterocycles. The van der Waals surface area contributed by atoms with Crippen LogP contribution in [-0.2, 0) is 6.54 Å². The van der Waals surface area contributed by atoms with E-state index in [0.717, 1.165) is 97.2 Å². The largest absolute Gasteiger partial charge is 0.494 e. The van der Waals surface area contributed by atoms with E-state index in [0.29, 0.717) is 12.5 Å². The van der Waals surface area contributed by atoms with E-state index >= 15 is 0 Å². The third kappa shape index (κ3) is 5.43. The van der Waals surface area contributed by atoms with E-state index in [4.69, 9.17) is 14.7 Å². The Kier molecular flexibility index (Phi) is 7.71. The highest BCUT2D eigenvalue weighted by Gasteiger charge is 2.38. The lowest BCUT2D eigenvalue weighted by atomic mass is 9.93. The highest BCUT2D eigenvalue weighted by atomic mass is 16.5. The number of para-hydroxylation sites is 1. The number of rotatable bonds is 6. The number of hydrogen-bond donors (Lipinski definition) is 1. The fraction of sp³-hybridized carbons (Fsp3) is 0.469. The molecule has 1 aliphatic carbocycles. The molecule has 41 heavy (non-hydrogen) atoms. The first-order valence-electron chi connectivity index (χ1n) is 14.8. The van der Waals surface area contributed by atoms with Gasteiger partial charge < -0.3 is 19.9 Å². The number of fused-ring (bicyclic) bond motifs is 1. The number of piperazine rings is 1. The summed E-state index contributed by atoms with van der Waals surface area (Å²) in [6.07, 6.45) is 7.31. The van der Waals surface area contributed by atoms with Crippen LogP contribution in [0.4, 0.5) is 33.6 Å². The molecule has 2 fully saturated rings. The monoisotopic (exact) mass is 555 g/mol. The van der Waals surface area contributed by atoms with Gasteiger partial charge in [0.15, 0.2) is 0 Å². The summed E-state index contributed by atoms with van der Waals surface area (Å²) in [4.78, 5) is 32.5. The van der Waals surface area contributed by atoms with Crippen molar-refractivity contribution in [2.45, 2.75) is 58.5 Å². The zero-order valence-electron chi connectivity index (χ0n) is 24.7. The maximum atomic E-state index is 14.2. The summed E-state index contributed by atoms with van der Waals surface area (Å²) in [5, 5.41) is 3.38. The molecule has 0 radical (unpaired) electrons. The number of amides is 2. The number of methoxy groups -OCH3 is 1. The van der Waals surface area contributed by atoms with Crippen molar-refractivity contribution in [3.05, 3.63) is 59.3 Å². The van der Waals surface area contributed by atoms with Gasteiger partial charge in [-0.1, -0.05) is 37.5 Å². The average molecular weight is 556 g/mol. The Bertz CT molecular complexity index is 1390. The van der Waals surface area contributed by atoms with Crippen molar-refractivity contribution in [2.24, 2.45) is 0 Å². The molecular formula is C32H41N7O2. The van der Waals surface area contributed by atoms with E-state index in [2.05, 4.69) is 60.3 Å². The molecule has 9 heteroatoms. The van der Waals surface area contributed by atoms with Gasteiger partial charge in [0.25, 0.3) is 0 Å². The van der Waals surface area contributed by atoms with Crippen LogP contribution in [0.5, 0.6) is 5.75 Å². The number of nitrogens with one attached hydrogen (secondary N) is 1. The van der Waals surface area contributed by atoms with E-state index in [1.165, 1.54) is 6.42 Å². The van der Waals surface area contributed by atoms with Gasteiger partial charge in [0.1, 0.15) is 11.6 Å². The second kappa shape index (κ2) is 11.6. The van der Waals surface area contributed by atoms with Crippen molar-refractivity contribution in [2.75, 3.05) is 60.4 Å². The predicted octanol–water partition coefficient (Wildman–Crippen LogP) is 5.88. The van der Waals surface area contributed by atoms with Gasteiger partial charge >= 0.3 is 6.03 Å². The topological polar surface area (TPSA) is 77.1 Å². The molecule has 2 amide bonds. The van der Waals surface area contributed by atoms with Gasteiger partial charge in [0.05, 0.1) is 25.0 Å². The minimum absolute atomic E-state index is 0.000518. The number of aromatic nitrogens is 2. The van der Waals surface area contributed by atoms with Crippen LogP contribution in [-0.4, -0.2) is 67.3 Å².